The molecular formula is C18H18O2Te. The van der Waals surface area contributed by atoms with Gasteiger partial charge in [-0.25, -0.2) is 0 Å². The summed E-state index contributed by atoms with van der Waals surface area (Å²) in [5.74, 6) is 0.316. The molecule has 2 unspecified atom stereocenters. The molecule has 2 nitrogen and oxygen atoms in total. The van der Waals surface area contributed by atoms with E-state index in [1.54, 1.807) is 0 Å². The van der Waals surface area contributed by atoms with Crippen LogP contribution in [0.3, 0.4) is 0 Å². The van der Waals surface area contributed by atoms with Gasteiger partial charge in [-0.15, -0.1) is 0 Å². The van der Waals surface area contributed by atoms with E-state index < -0.39 is 20.9 Å². The zero-order valence-electron chi connectivity index (χ0n) is 12.2. The Bertz CT molecular complexity index is 552. The number of hydrogen-bond acceptors (Lipinski definition) is 2. The van der Waals surface area contributed by atoms with Crippen molar-refractivity contribution in [2.45, 2.75) is 21.8 Å². The Morgan fingerprint density at radius 3 is 1.38 bits per heavy atom. The second kappa shape index (κ2) is 7.54. The molecule has 0 aromatic heterocycles. The number of carbonyl (C=O) groups excluding carboxylic acids is 2. The molecule has 0 radical (unpaired) electrons. The third-order valence-electron chi connectivity index (χ3n) is 3.26. The van der Waals surface area contributed by atoms with Gasteiger partial charge in [0.05, 0.1) is 0 Å². The Morgan fingerprint density at radius 2 is 1.05 bits per heavy atom. The Kier molecular flexibility index (Phi) is 5.73. The molecule has 2 aromatic rings. The van der Waals surface area contributed by atoms with Crippen LogP contribution in [0.1, 0.15) is 34.6 Å². The molecule has 0 aliphatic carbocycles. The standard InChI is InChI=1S/C18H18O2Te/c1-13(17(19)15-9-5-3-6-10-15)21-14(2)18(20)16-11-7-4-8-12-16/h3-14H,1-2H3. The molecule has 21 heavy (non-hydrogen) atoms. The van der Waals surface area contributed by atoms with Crippen molar-refractivity contribution in [3.05, 3.63) is 71.8 Å². The quantitative estimate of drug-likeness (QED) is 0.547. The summed E-state index contributed by atoms with van der Waals surface area (Å²) >= 11 is -0.732. The SMILES string of the molecule is CC([Te]C(C)C(=O)c1ccccc1)C(=O)c1ccccc1. The van der Waals surface area contributed by atoms with Crippen LogP contribution < -0.4 is 0 Å². The first-order valence-corrected chi connectivity index (χ1v) is 9.62. The Labute approximate surface area is 135 Å². The van der Waals surface area contributed by atoms with Gasteiger partial charge in [-0.1, -0.05) is 0 Å². The first kappa shape index (κ1) is 15.9. The second-order valence-electron chi connectivity index (χ2n) is 4.88. The van der Waals surface area contributed by atoms with Gasteiger partial charge in [0.25, 0.3) is 0 Å². The Hall–Kier alpha value is -1.43. The number of carbonyl (C=O) groups is 2. The summed E-state index contributed by atoms with van der Waals surface area (Å²) in [5, 5.41) is 0. The molecule has 0 N–H and O–H groups in total. The van der Waals surface area contributed by atoms with Gasteiger partial charge in [0, 0.05) is 0 Å². The topological polar surface area (TPSA) is 34.1 Å². The average Bonchev–Trinajstić information content (AvgIpc) is 2.55. The molecule has 2 rings (SSSR count). The number of hydrogen-bond donors (Lipinski definition) is 0. The van der Waals surface area contributed by atoms with E-state index in [1.165, 1.54) is 0 Å². The zero-order valence-corrected chi connectivity index (χ0v) is 14.5. The van der Waals surface area contributed by atoms with Gasteiger partial charge in [0.15, 0.2) is 0 Å². The van der Waals surface area contributed by atoms with E-state index in [1.807, 2.05) is 74.5 Å². The van der Waals surface area contributed by atoms with E-state index in [-0.39, 0.29) is 19.5 Å². The van der Waals surface area contributed by atoms with E-state index in [4.69, 9.17) is 0 Å². The van der Waals surface area contributed by atoms with Gasteiger partial charge in [-0.2, -0.15) is 0 Å². The van der Waals surface area contributed by atoms with E-state index in [9.17, 15) is 9.59 Å². The normalized spacial score (nSPS) is 13.4. The van der Waals surface area contributed by atoms with E-state index in [2.05, 4.69) is 0 Å². The van der Waals surface area contributed by atoms with Crippen molar-refractivity contribution in [1.29, 1.82) is 0 Å². The molecule has 0 aliphatic heterocycles. The summed E-state index contributed by atoms with van der Waals surface area (Å²) in [4.78, 5) is 24.7. The fourth-order valence-electron chi connectivity index (χ4n) is 2.10. The zero-order chi connectivity index (χ0) is 15.2. The van der Waals surface area contributed by atoms with Crippen LogP contribution in [0.5, 0.6) is 0 Å². The van der Waals surface area contributed by atoms with Crippen LogP contribution in [0, 0.1) is 0 Å². The van der Waals surface area contributed by atoms with Crippen molar-refractivity contribution in [2.75, 3.05) is 0 Å². The summed E-state index contributed by atoms with van der Waals surface area (Å²) in [5.41, 5.74) is 1.49. The van der Waals surface area contributed by atoms with Crippen molar-refractivity contribution in [2.24, 2.45) is 0 Å². The van der Waals surface area contributed by atoms with Crippen LogP contribution in [0.2, 0.25) is 7.93 Å². The number of benzene rings is 2. The number of ketones is 2. The summed E-state index contributed by atoms with van der Waals surface area (Å²) in [6.45, 7) is 3.90. The second-order valence-corrected chi connectivity index (χ2v) is 9.69. The van der Waals surface area contributed by atoms with E-state index in [0.717, 1.165) is 11.1 Å². The van der Waals surface area contributed by atoms with Crippen LogP contribution in [0.15, 0.2) is 60.7 Å². The van der Waals surface area contributed by atoms with Crippen molar-refractivity contribution in [3.8, 4) is 0 Å². The van der Waals surface area contributed by atoms with Crippen LogP contribution in [0.25, 0.3) is 0 Å². The van der Waals surface area contributed by atoms with Crippen molar-refractivity contribution in [3.63, 3.8) is 0 Å². The molecule has 0 heterocycles. The molecule has 108 valence electrons. The third-order valence-corrected chi connectivity index (χ3v) is 6.82. The molecule has 0 fully saturated rings. The molecular weight excluding hydrogens is 376 g/mol. The predicted molar refractivity (Wildman–Crippen MR) is 86.1 cm³/mol. The first-order chi connectivity index (χ1) is 10.1. The van der Waals surface area contributed by atoms with Crippen molar-refractivity contribution in [1.82, 2.24) is 0 Å². The van der Waals surface area contributed by atoms with Crippen molar-refractivity contribution >= 4 is 32.5 Å². The number of rotatable bonds is 6. The van der Waals surface area contributed by atoms with E-state index in [0.29, 0.717) is 0 Å². The Balaban J connectivity index is 2.01. The Morgan fingerprint density at radius 1 is 0.714 bits per heavy atom. The van der Waals surface area contributed by atoms with Gasteiger partial charge >= 0.3 is 136 Å². The van der Waals surface area contributed by atoms with E-state index >= 15 is 0 Å². The number of Topliss-reactive ketones (excluding diaryl/α,β-unsaturated/α-hetero) is 2. The molecule has 0 saturated carbocycles. The molecule has 3 heteroatoms. The van der Waals surface area contributed by atoms with Crippen LogP contribution in [-0.4, -0.2) is 32.5 Å². The monoisotopic (exact) mass is 396 g/mol. The molecule has 0 saturated heterocycles. The first-order valence-electron chi connectivity index (χ1n) is 6.93. The molecule has 0 amide bonds. The van der Waals surface area contributed by atoms with Gasteiger partial charge in [-0.3, -0.25) is 0 Å². The summed E-state index contributed by atoms with van der Waals surface area (Å²) in [6.07, 6.45) is 0. The fourth-order valence-corrected chi connectivity index (χ4v) is 5.33. The van der Waals surface area contributed by atoms with Gasteiger partial charge in [0.1, 0.15) is 0 Å². The maximum atomic E-state index is 12.4. The van der Waals surface area contributed by atoms with Crippen LogP contribution in [-0.2, 0) is 0 Å². The van der Waals surface area contributed by atoms with Crippen LogP contribution in [0.4, 0.5) is 0 Å². The average molecular weight is 394 g/mol. The molecule has 2 atom stereocenters. The fraction of sp³-hybridized carbons (Fsp3) is 0.222. The maximum absolute atomic E-state index is 12.4. The summed E-state index contributed by atoms with van der Waals surface area (Å²) in [7, 11) is 0. The predicted octanol–water partition coefficient (Wildman–Crippen LogP) is 4.07. The minimum atomic E-state index is -0.732. The minimum absolute atomic E-state index is 0.0273. The van der Waals surface area contributed by atoms with Crippen molar-refractivity contribution < 1.29 is 9.59 Å². The summed E-state index contributed by atoms with van der Waals surface area (Å²) in [6, 6.07) is 18.7. The molecule has 2 aromatic carbocycles. The third kappa shape index (κ3) is 4.27. The molecule has 0 aliphatic rings. The van der Waals surface area contributed by atoms with Gasteiger partial charge in [-0.05, 0) is 0 Å². The molecule has 0 spiro atoms. The van der Waals surface area contributed by atoms with Gasteiger partial charge in [0.2, 0.25) is 0 Å². The summed E-state index contributed by atoms with van der Waals surface area (Å²) < 4.78 is -0.0547. The van der Waals surface area contributed by atoms with Crippen LogP contribution >= 0.6 is 0 Å². The molecule has 0 bridgehead atoms. The van der Waals surface area contributed by atoms with Gasteiger partial charge < -0.3 is 0 Å².